The first-order valence-corrected chi connectivity index (χ1v) is 8.95. The van der Waals surface area contributed by atoms with Gasteiger partial charge in [0.2, 0.25) is 0 Å². The van der Waals surface area contributed by atoms with E-state index in [9.17, 15) is 4.79 Å². The van der Waals surface area contributed by atoms with Gasteiger partial charge in [0.05, 0.1) is 5.56 Å². The van der Waals surface area contributed by atoms with Crippen LogP contribution in [0.25, 0.3) is 0 Å². The van der Waals surface area contributed by atoms with E-state index in [0.29, 0.717) is 10.6 Å². The molecule has 1 aromatic heterocycles. The molecule has 25 heavy (non-hydrogen) atoms. The monoisotopic (exact) mass is 358 g/mol. The molecule has 1 amide bonds. The van der Waals surface area contributed by atoms with Gasteiger partial charge in [0.15, 0.2) is 0 Å². The van der Waals surface area contributed by atoms with Gasteiger partial charge >= 0.3 is 0 Å². The van der Waals surface area contributed by atoms with E-state index in [1.807, 2.05) is 25.1 Å². The molecule has 5 nitrogen and oxygen atoms in total. The number of piperazine rings is 1. The summed E-state index contributed by atoms with van der Waals surface area (Å²) in [7, 11) is 0. The van der Waals surface area contributed by atoms with E-state index in [-0.39, 0.29) is 5.91 Å². The van der Waals surface area contributed by atoms with Crippen molar-refractivity contribution >= 4 is 29.0 Å². The average Bonchev–Trinajstić information content (AvgIpc) is 2.65. The maximum absolute atomic E-state index is 12.4. The second-order valence-electron chi connectivity index (χ2n) is 6.24. The third-order valence-electron chi connectivity index (χ3n) is 4.60. The minimum Gasteiger partial charge on any atom is -0.354 e. The molecule has 1 aliphatic rings. The van der Waals surface area contributed by atoms with E-state index in [1.165, 1.54) is 0 Å². The minimum atomic E-state index is -0.180. The Labute approximate surface area is 153 Å². The Morgan fingerprint density at radius 3 is 2.60 bits per heavy atom. The summed E-state index contributed by atoms with van der Waals surface area (Å²) in [6, 6.07) is 9.19. The Balaban J connectivity index is 1.66. The highest BCUT2D eigenvalue weighted by Gasteiger charge is 2.17. The fourth-order valence-corrected chi connectivity index (χ4v) is 3.10. The summed E-state index contributed by atoms with van der Waals surface area (Å²) in [4.78, 5) is 21.6. The molecule has 0 spiro atoms. The van der Waals surface area contributed by atoms with E-state index < -0.39 is 0 Å². The molecule has 1 aliphatic heterocycles. The van der Waals surface area contributed by atoms with Gasteiger partial charge in [0, 0.05) is 43.1 Å². The van der Waals surface area contributed by atoms with Crippen molar-refractivity contribution in [3.05, 3.63) is 52.7 Å². The summed E-state index contributed by atoms with van der Waals surface area (Å²) < 4.78 is 0. The van der Waals surface area contributed by atoms with E-state index in [1.54, 1.807) is 18.3 Å². The molecule has 2 heterocycles. The summed E-state index contributed by atoms with van der Waals surface area (Å²) in [6.45, 7) is 9.24. The van der Waals surface area contributed by atoms with Crippen LogP contribution in [-0.4, -0.2) is 48.5 Å². The van der Waals surface area contributed by atoms with Gasteiger partial charge in [-0.05, 0) is 43.3 Å². The second kappa shape index (κ2) is 7.85. The van der Waals surface area contributed by atoms with E-state index in [4.69, 9.17) is 11.6 Å². The van der Waals surface area contributed by atoms with Crippen LogP contribution in [0.1, 0.15) is 22.8 Å². The number of carbonyl (C=O) groups excluding carboxylic acids is 1. The lowest BCUT2D eigenvalue weighted by Gasteiger charge is -2.34. The number of hydrogen-bond donors (Lipinski definition) is 1. The number of likely N-dealkylation sites (N-methyl/N-ethyl adjacent to an activating group) is 1. The van der Waals surface area contributed by atoms with Crippen LogP contribution >= 0.6 is 11.6 Å². The molecular weight excluding hydrogens is 336 g/mol. The topological polar surface area (TPSA) is 48.5 Å². The third-order valence-corrected chi connectivity index (χ3v) is 4.84. The molecule has 1 aromatic carbocycles. The van der Waals surface area contributed by atoms with E-state index >= 15 is 0 Å². The lowest BCUT2D eigenvalue weighted by molar-refractivity contribution is 0.102. The first kappa shape index (κ1) is 17.7. The summed E-state index contributed by atoms with van der Waals surface area (Å²) >= 11 is 6.00. The standard InChI is InChI=1S/C19H23ClN4O/c1-3-23-8-10-24(11-9-23)18-7-5-15(13-21-18)19(25)22-17-12-16(20)6-4-14(17)2/h4-7,12-13H,3,8-11H2,1-2H3,(H,22,25). The lowest BCUT2D eigenvalue weighted by atomic mass is 10.2. The van der Waals surface area contributed by atoms with Crippen LogP contribution < -0.4 is 10.2 Å². The number of rotatable bonds is 4. The van der Waals surface area contributed by atoms with Crippen molar-refractivity contribution in [2.24, 2.45) is 0 Å². The van der Waals surface area contributed by atoms with Crippen LogP contribution in [0.4, 0.5) is 11.5 Å². The van der Waals surface area contributed by atoms with Crippen molar-refractivity contribution in [3.8, 4) is 0 Å². The second-order valence-corrected chi connectivity index (χ2v) is 6.68. The lowest BCUT2D eigenvalue weighted by Crippen LogP contribution is -2.46. The zero-order valence-corrected chi connectivity index (χ0v) is 15.4. The number of anilines is 2. The Morgan fingerprint density at radius 1 is 1.20 bits per heavy atom. The van der Waals surface area contributed by atoms with Crippen LogP contribution in [0.2, 0.25) is 5.02 Å². The number of aromatic nitrogens is 1. The van der Waals surface area contributed by atoms with Crippen molar-refractivity contribution in [1.29, 1.82) is 0 Å². The predicted molar refractivity (Wildman–Crippen MR) is 103 cm³/mol. The molecule has 0 atom stereocenters. The van der Waals surface area contributed by atoms with Gasteiger partial charge in [-0.3, -0.25) is 4.79 Å². The fraction of sp³-hybridized carbons (Fsp3) is 0.368. The number of halogens is 1. The minimum absolute atomic E-state index is 0.180. The summed E-state index contributed by atoms with van der Waals surface area (Å²) in [6.07, 6.45) is 1.64. The van der Waals surface area contributed by atoms with Gasteiger partial charge in [-0.25, -0.2) is 4.98 Å². The zero-order valence-electron chi connectivity index (χ0n) is 14.6. The number of nitrogens with one attached hydrogen (secondary N) is 1. The Morgan fingerprint density at radius 2 is 1.96 bits per heavy atom. The fourth-order valence-electron chi connectivity index (χ4n) is 2.92. The van der Waals surface area contributed by atoms with Gasteiger partial charge in [0.1, 0.15) is 5.82 Å². The summed E-state index contributed by atoms with van der Waals surface area (Å²) in [5, 5.41) is 3.49. The van der Waals surface area contributed by atoms with Gasteiger partial charge < -0.3 is 15.1 Å². The maximum atomic E-state index is 12.4. The van der Waals surface area contributed by atoms with Crippen LogP contribution in [0.15, 0.2) is 36.5 Å². The summed E-state index contributed by atoms with van der Waals surface area (Å²) in [5.41, 5.74) is 2.23. The average molecular weight is 359 g/mol. The first-order valence-electron chi connectivity index (χ1n) is 8.57. The highest BCUT2D eigenvalue weighted by atomic mass is 35.5. The highest BCUT2D eigenvalue weighted by Crippen LogP contribution is 2.21. The van der Waals surface area contributed by atoms with Gasteiger partial charge in [-0.1, -0.05) is 24.6 Å². The molecule has 1 saturated heterocycles. The predicted octanol–water partition coefficient (Wildman–Crippen LogP) is 3.44. The maximum Gasteiger partial charge on any atom is 0.257 e. The van der Waals surface area contributed by atoms with Gasteiger partial charge in [-0.2, -0.15) is 0 Å². The molecule has 1 N–H and O–H groups in total. The highest BCUT2D eigenvalue weighted by molar-refractivity contribution is 6.31. The molecular formula is C19H23ClN4O. The SMILES string of the molecule is CCN1CCN(c2ccc(C(=O)Nc3cc(Cl)ccc3C)cn2)CC1. The number of aryl methyl sites for hydroxylation is 1. The van der Waals surface area contributed by atoms with Crippen molar-refractivity contribution in [1.82, 2.24) is 9.88 Å². The quantitative estimate of drug-likeness (QED) is 0.909. The van der Waals surface area contributed by atoms with Crippen molar-refractivity contribution in [2.45, 2.75) is 13.8 Å². The van der Waals surface area contributed by atoms with Crippen LogP contribution in [0.3, 0.4) is 0 Å². The number of nitrogens with zero attached hydrogens (tertiary/aromatic N) is 3. The van der Waals surface area contributed by atoms with E-state index in [0.717, 1.165) is 49.8 Å². The molecule has 3 rings (SSSR count). The normalized spacial score (nSPS) is 15.2. The van der Waals surface area contributed by atoms with Crippen LogP contribution in [-0.2, 0) is 0 Å². The molecule has 6 heteroatoms. The Bertz CT molecular complexity index is 740. The Hall–Kier alpha value is -2.11. The molecule has 132 valence electrons. The zero-order chi connectivity index (χ0) is 17.8. The molecule has 0 unspecified atom stereocenters. The van der Waals surface area contributed by atoms with Crippen molar-refractivity contribution in [3.63, 3.8) is 0 Å². The molecule has 0 bridgehead atoms. The molecule has 0 radical (unpaired) electrons. The van der Waals surface area contributed by atoms with Crippen molar-refractivity contribution < 1.29 is 4.79 Å². The smallest absolute Gasteiger partial charge is 0.257 e. The first-order chi connectivity index (χ1) is 12.1. The van der Waals surface area contributed by atoms with Crippen LogP contribution in [0.5, 0.6) is 0 Å². The molecule has 0 aliphatic carbocycles. The number of amides is 1. The van der Waals surface area contributed by atoms with Gasteiger partial charge in [-0.15, -0.1) is 0 Å². The van der Waals surface area contributed by atoms with Gasteiger partial charge in [0.25, 0.3) is 5.91 Å². The number of carbonyl (C=O) groups is 1. The molecule has 2 aromatic rings. The number of pyridine rings is 1. The Kier molecular flexibility index (Phi) is 5.56. The number of benzene rings is 1. The summed E-state index contributed by atoms with van der Waals surface area (Å²) in [5.74, 6) is 0.742. The van der Waals surface area contributed by atoms with Crippen molar-refractivity contribution in [2.75, 3.05) is 42.9 Å². The molecule has 1 fully saturated rings. The van der Waals surface area contributed by atoms with Crippen LogP contribution in [0, 0.1) is 6.92 Å². The third kappa shape index (κ3) is 4.30. The molecule has 0 saturated carbocycles. The largest absolute Gasteiger partial charge is 0.354 e. The number of hydrogen-bond acceptors (Lipinski definition) is 4. The van der Waals surface area contributed by atoms with E-state index in [2.05, 4.69) is 27.0 Å².